The first-order valence-electron chi connectivity index (χ1n) is 15.0. The lowest BCUT2D eigenvalue weighted by Gasteiger charge is -2.35. The number of benzene rings is 4. The van der Waals surface area contributed by atoms with Gasteiger partial charge in [0.1, 0.15) is 28.7 Å². The van der Waals surface area contributed by atoms with Crippen molar-refractivity contribution < 1.29 is 32.2 Å². The molecule has 0 aromatic heterocycles. The zero-order valence-electron chi connectivity index (χ0n) is 26.0. The van der Waals surface area contributed by atoms with Crippen molar-refractivity contribution in [1.82, 2.24) is 5.32 Å². The highest BCUT2D eigenvalue weighted by molar-refractivity contribution is 7.93. The Morgan fingerprint density at radius 1 is 0.978 bits per heavy atom. The molecule has 1 aliphatic heterocycles. The molecule has 10 nitrogen and oxygen atoms in total. The summed E-state index contributed by atoms with van der Waals surface area (Å²) in [5.41, 5.74) is 2.49. The number of para-hydroxylation sites is 2. The Labute approximate surface area is 269 Å². The van der Waals surface area contributed by atoms with Crippen LogP contribution in [0.2, 0.25) is 0 Å². The van der Waals surface area contributed by atoms with Gasteiger partial charge in [0.25, 0.3) is 15.9 Å². The zero-order chi connectivity index (χ0) is 32.7. The van der Waals surface area contributed by atoms with Gasteiger partial charge in [-0.05, 0) is 79.9 Å². The minimum atomic E-state index is -4.31. The number of amides is 2. The monoisotopic (exact) mass is 643 g/mol. The van der Waals surface area contributed by atoms with E-state index < -0.39 is 28.6 Å². The molecule has 4 aromatic rings. The predicted molar refractivity (Wildman–Crippen MR) is 176 cm³/mol. The third-order valence-corrected chi connectivity index (χ3v) is 9.32. The molecule has 0 radical (unpaired) electrons. The van der Waals surface area contributed by atoms with Crippen LogP contribution in [0.5, 0.6) is 17.2 Å². The molecular weight excluding hydrogens is 606 g/mol. The number of aryl methyl sites for hydroxylation is 1. The highest BCUT2D eigenvalue weighted by Gasteiger charge is 2.37. The summed E-state index contributed by atoms with van der Waals surface area (Å²) >= 11 is 0. The number of rotatable bonds is 12. The molecule has 4 aromatic carbocycles. The zero-order valence-corrected chi connectivity index (χ0v) is 26.8. The molecule has 1 N–H and O–H groups in total. The summed E-state index contributed by atoms with van der Waals surface area (Å²) in [5.74, 6) is 0.149. The van der Waals surface area contributed by atoms with Gasteiger partial charge in [0.15, 0.2) is 6.10 Å². The lowest BCUT2D eigenvalue weighted by atomic mass is 10.1. The first kappa shape index (κ1) is 32.4. The van der Waals surface area contributed by atoms with Gasteiger partial charge in [-0.25, -0.2) is 8.42 Å². The van der Waals surface area contributed by atoms with Crippen LogP contribution in [0.1, 0.15) is 18.1 Å². The second-order valence-corrected chi connectivity index (χ2v) is 12.5. The van der Waals surface area contributed by atoms with Crippen molar-refractivity contribution in [2.24, 2.45) is 0 Å². The molecule has 0 saturated carbocycles. The molecule has 1 aliphatic rings. The van der Waals surface area contributed by atoms with E-state index in [1.54, 1.807) is 67.6 Å². The number of methoxy groups -OCH3 is 1. The van der Waals surface area contributed by atoms with Gasteiger partial charge in [-0.1, -0.05) is 48.5 Å². The van der Waals surface area contributed by atoms with E-state index in [0.29, 0.717) is 42.3 Å². The first-order valence-corrected chi connectivity index (χ1v) is 16.4. The second-order valence-electron chi connectivity index (χ2n) is 10.7. The highest BCUT2D eigenvalue weighted by Crippen LogP contribution is 2.35. The number of hydrogen-bond donors (Lipinski definition) is 1. The van der Waals surface area contributed by atoms with E-state index in [-0.39, 0.29) is 28.8 Å². The number of nitrogens with one attached hydrogen (secondary N) is 1. The maximum Gasteiger partial charge on any atom is 0.268 e. The molecule has 0 saturated heterocycles. The van der Waals surface area contributed by atoms with Gasteiger partial charge in [-0.2, -0.15) is 0 Å². The van der Waals surface area contributed by atoms with Crippen LogP contribution in [-0.4, -0.2) is 59.7 Å². The van der Waals surface area contributed by atoms with E-state index in [9.17, 15) is 18.0 Å². The fourth-order valence-electron chi connectivity index (χ4n) is 5.20. The number of anilines is 2. The minimum Gasteiger partial charge on any atom is -0.495 e. The van der Waals surface area contributed by atoms with Crippen molar-refractivity contribution in [3.8, 4) is 17.2 Å². The lowest BCUT2D eigenvalue weighted by Crippen LogP contribution is -2.53. The Balaban J connectivity index is 1.44. The average molecular weight is 644 g/mol. The molecule has 0 fully saturated rings. The van der Waals surface area contributed by atoms with Crippen LogP contribution in [0.4, 0.5) is 11.4 Å². The summed E-state index contributed by atoms with van der Waals surface area (Å²) in [4.78, 5) is 28.7. The molecule has 11 heteroatoms. The number of carbonyl (C=O) groups excluding carboxylic acids is 2. The van der Waals surface area contributed by atoms with Crippen molar-refractivity contribution >= 4 is 33.2 Å². The smallest absolute Gasteiger partial charge is 0.268 e. The largest absolute Gasteiger partial charge is 0.495 e. The summed E-state index contributed by atoms with van der Waals surface area (Å²) < 4.78 is 46.6. The van der Waals surface area contributed by atoms with Gasteiger partial charge in [-0.15, -0.1) is 0 Å². The van der Waals surface area contributed by atoms with E-state index in [4.69, 9.17) is 14.2 Å². The summed E-state index contributed by atoms with van der Waals surface area (Å²) in [6.07, 6.45) is -0.363. The van der Waals surface area contributed by atoms with E-state index in [1.807, 2.05) is 37.3 Å². The van der Waals surface area contributed by atoms with E-state index >= 15 is 0 Å². The van der Waals surface area contributed by atoms with Gasteiger partial charge in [-0.3, -0.25) is 13.9 Å². The number of ether oxygens (including phenoxy) is 3. The van der Waals surface area contributed by atoms with E-state index in [1.165, 1.54) is 18.1 Å². The van der Waals surface area contributed by atoms with Crippen molar-refractivity contribution in [3.63, 3.8) is 0 Å². The van der Waals surface area contributed by atoms with Crippen LogP contribution < -0.4 is 28.7 Å². The molecule has 2 amide bonds. The maximum atomic E-state index is 14.3. The molecule has 0 aliphatic carbocycles. The third kappa shape index (κ3) is 7.26. The summed E-state index contributed by atoms with van der Waals surface area (Å²) in [7, 11) is -2.92. The predicted octanol–water partition coefficient (Wildman–Crippen LogP) is 4.75. The third-order valence-electron chi connectivity index (χ3n) is 7.52. The number of hydrogen-bond acceptors (Lipinski definition) is 7. The second kappa shape index (κ2) is 14.4. The van der Waals surface area contributed by atoms with Crippen molar-refractivity contribution in [3.05, 3.63) is 108 Å². The maximum absolute atomic E-state index is 14.3. The highest BCUT2D eigenvalue weighted by atomic mass is 32.2. The molecule has 240 valence electrons. The van der Waals surface area contributed by atoms with Gasteiger partial charge in [0.05, 0.1) is 31.6 Å². The Hall–Kier alpha value is -5.03. The molecule has 1 heterocycles. The van der Waals surface area contributed by atoms with Crippen LogP contribution in [0.15, 0.2) is 102 Å². The number of nitrogens with zero attached hydrogens (tertiary/aromatic N) is 2. The molecule has 0 unspecified atom stereocenters. The lowest BCUT2D eigenvalue weighted by molar-refractivity contribution is -0.128. The van der Waals surface area contributed by atoms with Crippen molar-refractivity contribution in [2.45, 2.75) is 31.3 Å². The minimum absolute atomic E-state index is 0.0743. The molecule has 1 atom stereocenters. The van der Waals surface area contributed by atoms with Crippen LogP contribution >= 0.6 is 0 Å². The number of carbonyl (C=O) groups is 2. The molecule has 5 rings (SSSR count). The van der Waals surface area contributed by atoms with Crippen LogP contribution in [-0.2, 0) is 26.0 Å². The van der Waals surface area contributed by atoms with Crippen molar-refractivity contribution in [1.29, 1.82) is 0 Å². The van der Waals surface area contributed by atoms with Crippen molar-refractivity contribution in [2.75, 3.05) is 42.6 Å². The van der Waals surface area contributed by atoms with Crippen LogP contribution in [0, 0.1) is 6.92 Å². The summed E-state index contributed by atoms with van der Waals surface area (Å²) in [6, 6.07) is 28.0. The summed E-state index contributed by atoms with van der Waals surface area (Å²) in [6.45, 7) is 3.81. The molecular formula is C35H37N3O7S. The standard InChI is InChI=1S/C35H37N3O7S/c1-4-44-28-17-15-27(16-18-28)38(46(41,42)33-22-25(2)14-19-31(33)43-3)24-34(39)37-23-32(45-30-13-9-8-12-29(30)37)35(40)36-21-20-26-10-6-5-7-11-26/h5-19,22,32H,4,20-21,23-24H2,1-3H3,(H,36,40)/t32-/m0/s1. The number of sulfonamides is 1. The topological polar surface area (TPSA) is 114 Å². The van der Waals surface area contributed by atoms with E-state index in [2.05, 4.69) is 5.32 Å². The Morgan fingerprint density at radius 2 is 1.70 bits per heavy atom. The van der Waals surface area contributed by atoms with Gasteiger partial charge < -0.3 is 24.4 Å². The van der Waals surface area contributed by atoms with Crippen LogP contribution in [0.25, 0.3) is 0 Å². The Kier molecular flexibility index (Phi) is 10.1. The normalized spacial score (nSPS) is 14.1. The first-order chi connectivity index (χ1) is 22.2. The average Bonchev–Trinajstić information content (AvgIpc) is 3.07. The number of fused-ring (bicyclic) bond motifs is 1. The van der Waals surface area contributed by atoms with Gasteiger partial charge in [0.2, 0.25) is 5.91 Å². The Morgan fingerprint density at radius 3 is 2.41 bits per heavy atom. The fourth-order valence-corrected chi connectivity index (χ4v) is 6.86. The molecule has 0 bridgehead atoms. The fraction of sp³-hybridized carbons (Fsp3) is 0.257. The van der Waals surface area contributed by atoms with Crippen LogP contribution in [0.3, 0.4) is 0 Å². The Bertz CT molecular complexity index is 1780. The SMILES string of the molecule is CCOc1ccc(N(CC(=O)N2C[C@@H](C(=O)NCCc3ccccc3)Oc3ccccc32)S(=O)(=O)c2cc(C)ccc2OC)cc1. The molecule has 0 spiro atoms. The molecule has 46 heavy (non-hydrogen) atoms. The quantitative estimate of drug-likeness (QED) is 0.237. The van der Waals surface area contributed by atoms with Gasteiger partial charge in [0, 0.05) is 6.54 Å². The van der Waals surface area contributed by atoms with E-state index in [0.717, 1.165) is 9.87 Å². The van der Waals surface area contributed by atoms with Gasteiger partial charge >= 0.3 is 0 Å². The summed E-state index contributed by atoms with van der Waals surface area (Å²) in [5, 5.41) is 2.90.